The number of carbonyl (C=O) groups is 3. The van der Waals surface area contributed by atoms with Crippen molar-refractivity contribution in [2.45, 2.75) is 26.8 Å². The first-order valence-electron chi connectivity index (χ1n) is 8.73. The van der Waals surface area contributed by atoms with Gasteiger partial charge in [-0.3, -0.25) is 14.6 Å². The lowest BCUT2D eigenvalue weighted by atomic mass is 10.1. The van der Waals surface area contributed by atoms with Crippen molar-refractivity contribution in [3.8, 4) is 0 Å². The van der Waals surface area contributed by atoms with Gasteiger partial charge in [-0.2, -0.15) is 0 Å². The van der Waals surface area contributed by atoms with Crippen molar-refractivity contribution in [1.29, 1.82) is 0 Å². The molecule has 2 aromatic rings. The number of para-hydroxylation sites is 1. The van der Waals surface area contributed by atoms with Crippen LogP contribution in [0, 0.1) is 0 Å². The van der Waals surface area contributed by atoms with Gasteiger partial charge in [0.25, 0.3) is 0 Å². The maximum absolute atomic E-state index is 12.1. The predicted octanol–water partition coefficient (Wildman–Crippen LogP) is 2.32. The summed E-state index contributed by atoms with van der Waals surface area (Å²) in [5.74, 6) is -0.969. The minimum Gasteiger partial charge on any atom is -0.462 e. The van der Waals surface area contributed by atoms with Crippen LogP contribution in [-0.2, 0) is 20.9 Å². The van der Waals surface area contributed by atoms with Gasteiger partial charge in [0.2, 0.25) is 11.8 Å². The number of hydrogen-bond acceptors (Lipinski definition) is 5. The molecule has 0 saturated heterocycles. The van der Waals surface area contributed by atoms with Gasteiger partial charge in [-0.15, -0.1) is 0 Å². The third-order valence-electron chi connectivity index (χ3n) is 3.83. The zero-order valence-electron chi connectivity index (χ0n) is 15.5. The van der Waals surface area contributed by atoms with Crippen LogP contribution in [0.3, 0.4) is 0 Å². The largest absolute Gasteiger partial charge is 0.462 e. The number of nitrogens with zero attached hydrogens (tertiary/aromatic N) is 2. The fraction of sp³-hybridized carbons (Fsp3) is 0.300. The van der Waals surface area contributed by atoms with E-state index in [-0.39, 0.29) is 31.4 Å². The Bertz CT molecular complexity index is 793. The molecule has 0 aliphatic rings. The van der Waals surface area contributed by atoms with Crippen LogP contribution >= 0.6 is 0 Å². The van der Waals surface area contributed by atoms with Crippen LogP contribution < -0.4 is 10.2 Å². The van der Waals surface area contributed by atoms with E-state index < -0.39 is 5.97 Å². The van der Waals surface area contributed by atoms with E-state index in [9.17, 15) is 14.4 Å². The lowest BCUT2D eigenvalue weighted by Crippen LogP contribution is -2.34. The second-order valence-electron chi connectivity index (χ2n) is 5.76. The van der Waals surface area contributed by atoms with E-state index in [1.807, 2.05) is 12.1 Å². The molecule has 2 rings (SSSR count). The normalized spacial score (nSPS) is 10.1. The molecule has 0 bridgehead atoms. The molecule has 0 saturated carbocycles. The zero-order valence-corrected chi connectivity index (χ0v) is 15.5. The molecule has 27 heavy (non-hydrogen) atoms. The first-order valence-corrected chi connectivity index (χ1v) is 8.73. The minimum atomic E-state index is -0.501. The smallest absolute Gasteiger partial charge is 0.340 e. The Morgan fingerprint density at radius 3 is 2.52 bits per heavy atom. The second-order valence-corrected chi connectivity index (χ2v) is 5.76. The van der Waals surface area contributed by atoms with E-state index in [0.717, 1.165) is 5.69 Å². The number of benzene rings is 1. The molecule has 2 amide bonds. The number of aromatic nitrogens is 1. The molecule has 0 atom stereocenters. The Morgan fingerprint density at radius 1 is 1.11 bits per heavy atom. The van der Waals surface area contributed by atoms with Gasteiger partial charge in [0.1, 0.15) is 0 Å². The molecule has 0 fully saturated rings. The molecule has 0 aliphatic carbocycles. The van der Waals surface area contributed by atoms with Crippen LogP contribution in [0.4, 0.5) is 5.69 Å². The van der Waals surface area contributed by atoms with Gasteiger partial charge >= 0.3 is 5.97 Å². The Kier molecular flexibility index (Phi) is 7.49. The highest BCUT2D eigenvalue weighted by Gasteiger charge is 2.20. The number of nitrogens with one attached hydrogen (secondary N) is 1. The second kappa shape index (κ2) is 10.1. The van der Waals surface area contributed by atoms with Gasteiger partial charge in [0, 0.05) is 26.1 Å². The van der Waals surface area contributed by atoms with Crippen LogP contribution in [0.1, 0.15) is 36.3 Å². The molecular weight excluding hydrogens is 346 g/mol. The molecular formula is C20H23N3O4. The van der Waals surface area contributed by atoms with Crippen LogP contribution in [0.15, 0.2) is 48.7 Å². The highest BCUT2D eigenvalue weighted by molar-refractivity contribution is 6.02. The predicted molar refractivity (Wildman–Crippen MR) is 101 cm³/mol. The fourth-order valence-corrected chi connectivity index (χ4v) is 2.53. The Balaban J connectivity index is 2.03. The molecule has 0 radical (unpaired) electrons. The van der Waals surface area contributed by atoms with Crippen molar-refractivity contribution in [3.63, 3.8) is 0 Å². The van der Waals surface area contributed by atoms with Crippen molar-refractivity contribution < 1.29 is 19.1 Å². The number of ether oxygens (including phenoxy) is 1. The number of pyridine rings is 1. The third-order valence-corrected chi connectivity index (χ3v) is 3.83. The van der Waals surface area contributed by atoms with E-state index in [0.29, 0.717) is 17.8 Å². The summed E-state index contributed by atoms with van der Waals surface area (Å²) in [5.41, 5.74) is 1.48. The van der Waals surface area contributed by atoms with Crippen LogP contribution in [0.25, 0.3) is 0 Å². The molecule has 7 heteroatoms. The summed E-state index contributed by atoms with van der Waals surface area (Å²) in [6.07, 6.45) is 1.76. The monoisotopic (exact) mass is 369 g/mol. The first-order chi connectivity index (χ1) is 13.0. The van der Waals surface area contributed by atoms with Crippen molar-refractivity contribution in [1.82, 2.24) is 10.3 Å². The topological polar surface area (TPSA) is 88.6 Å². The Hall–Kier alpha value is -3.22. The van der Waals surface area contributed by atoms with Crippen LogP contribution in [-0.4, -0.2) is 35.9 Å². The highest BCUT2D eigenvalue weighted by Crippen LogP contribution is 2.22. The number of hydrogen-bond donors (Lipinski definition) is 1. The quantitative estimate of drug-likeness (QED) is 0.722. The van der Waals surface area contributed by atoms with Gasteiger partial charge in [0.05, 0.1) is 30.1 Å². The number of rotatable bonds is 8. The summed E-state index contributed by atoms with van der Waals surface area (Å²) in [4.78, 5) is 41.9. The van der Waals surface area contributed by atoms with Gasteiger partial charge in [-0.05, 0) is 31.2 Å². The fourth-order valence-electron chi connectivity index (χ4n) is 2.53. The molecule has 1 aromatic heterocycles. The molecule has 7 nitrogen and oxygen atoms in total. The number of amides is 2. The molecule has 142 valence electrons. The third kappa shape index (κ3) is 5.91. The van der Waals surface area contributed by atoms with E-state index in [2.05, 4.69) is 10.3 Å². The SMILES string of the molecule is CCOC(=O)c1ccccc1N(CCC(=O)NCc1ccccn1)C(C)=O. The standard InChI is InChI=1S/C20H23N3O4/c1-3-27-20(26)17-9-4-5-10-18(17)23(15(2)24)13-11-19(25)22-14-16-8-6-7-12-21-16/h4-10,12H,3,11,13-14H2,1-2H3,(H,22,25). The van der Waals surface area contributed by atoms with Gasteiger partial charge < -0.3 is 15.0 Å². The van der Waals surface area contributed by atoms with Crippen LogP contribution in [0.5, 0.6) is 0 Å². The van der Waals surface area contributed by atoms with E-state index >= 15 is 0 Å². The van der Waals surface area contributed by atoms with E-state index in [1.54, 1.807) is 43.5 Å². The molecule has 1 aromatic carbocycles. The first kappa shape index (κ1) is 20.1. The minimum absolute atomic E-state index is 0.101. The lowest BCUT2D eigenvalue weighted by molar-refractivity contribution is -0.121. The average molecular weight is 369 g/mol. The highest BCUT2D eigenvalue weighted by atomic mass is 16.5. The summed E-state index contributed by atoms with van der Waals surface area (Å²) in [7, 11) is 0. The molecule has 1 N–H and O–H groups in total. The van der Waals surface area contributed by atoms with E-state index in [4.69, 9.17) is 4.74 Å². The van der Waals surface area contributed by atoms with Crippen molar-refractivity contribution in [3.05, 3.63) is 59.9 Å². The molecule has 0 unspecified atom stereocenters. The zero-order chi connectivity index (χ0) is 19.6. The average Bonchev–Trinajstić information content (AvgIpc) is 2.67. The summed E-state index contributed by atoms with van der Waals surface area (Å²) in [6.45, 7) is 3.82. The molecule has 0 spiro atoms. The maximum Gasteiger partial charge on any atom is 0.340 e. The molecule has 0 aliphatic heterocycles. The van der Waals surface area contributed by atoms with E-state index in [1.165, 1.54) is 11.8 Å². The summed E-state index contributed by atoms with van der Waals surface area (Å²) in [5, 5.41) is 2.77. The Morgan fingerprint density at radius 2 is 1.85 bits per heavy atom. The molecule has 1 heterocycles. The number of anilines is 1. The van der Waals surface area contributed by atoms with Crippen LogP contribution in [0.2, 0.25) is 0 Å². The van der Waals surface area contributed by atoms with Gasteiger partial charge in [0.15, 0.2) is 0 Å². The number of esters is 1. The summed E-state index contributed by atoms with van der Waals surface area (Å²) in [6, 6.07) is 12.2. The summed E-state index contributed by atoms with van der Waals surface area (Å²) >= 11 is 0. The summed E-state index contributed by atoms with van der Waals surface area (Å²) < 4.78 is 5.05. The Labute approximate surface area is 158 Å². The number of carbonyl (C=O) groups excluding carboxylic acids is 3. The maximum atomic E-state index is 12.1. The lowest BCUT2D eigenvalue weighted by Gasteiger charge is -2.23. The van der Waals surface area contributed by atoms with Gasteiger partial charge in [-0.25, -0.2) is 4.79 Å². The van der Waals surface area contributed by atoms with Crippen molar-refractivity contribution in [2.75, 3.05) is 18.1 Å². The van der Waals surface area contributed by atoms with Crippen molar-refractivity contribution in [2.24, 2.45) is 0 Å². The van der Waals surface area contributed by atoms with Gasteiger partial charge in [-0.1, -0.05) is 18.2 Å². The van der Waals surface area contributed by atoms with Crippen molar-refractivity contribution >= 4 is 23.5 Å².